The van der Waals surface area contributed by atoms with E-state index in [1.54, 1.807) is 12.1 Å². The highest BCUT2D eigenvalue weighted by atomic mass is 127. The molecular formula is C15H9Cl2FINO. The number of amides is 1. The third-order valence-corrected chi connectivity index (χ3v) is 5.09. The summed E-state index contributed by atoms with van der Waals surface area (Å²) in [6.45, 7) is 0. The molecule has 1 aliphatic heterocycles. The lowest BCUT2D eigenvalue weighted by atomic mass is 10.0. The smallest absolute Gasteiger partial charge is 0.228 e. The molecule has 0 bridgehead atoms. The van der Waals surface area contributed by atoms with Gasteiger partial charge in [-0.2, -0.15) is 0 Å². The number of carbonyl (C=O) groups is 1. The van der Waals surface area contributed by atoms with Crippen LogP contribution < -0.4 is 5.32 Å². The second-order valence-corrected chi connectivity index (χ2v) is 6.79. The van der Waals surface area contributed by atoms with Crippen LogP contribution >= 0.6 is 45.8 Å². The second kappa shape index (κ2) is 5.74. The van der Waals surface area contributed by atoms with Crippen molar-refractivity contribution in [3.8, 4) is 0 Å². The monoisotopic (exact) mass is 435 g/mol. The van der Waals surface area contributed by atoms with E-state index in [-0.39, 0.29) is 11.7 Å². The Morgan fingerprint density at radius 1 is 1.24 bits per heavy atom. The van der Waals surface area contributed by atoms with Crippen LogP contribution in [0.4, 0.5) is 10.1 Å². The maximum absolute atomic E-state index is 13.2. The second-order valence-electron chi connectivity index (χ2n) is 4.78. The van der Waals surface area contributed by atoms with Crippen molar-refractivity contribution < 1.29 is 9.18 Å². The Hall–Kier alpha value is -0.850. The summed E-state index contributed by atoms with van der Waals surface area (Å²) in [5.41, 5.74) is 3.12. The number of benzene rings is 2. The fourth-order valence-electron chi connectivity index (χ4n) is 2.34. The maximum atomic E-state index is 13.2. The summed E-state index contributed by atoms with van der Waals surface area (Å²) in [4.78, 5) is 11.4. The molecule has 0 spiro atoms. The minimum absolute atomic E-state index is 0.0549. The molecule has 1 atom stereocenters. The number of carbonyl (C=O) groups excluding carboxylic acids is 1. The van der Waals surface area contributed by atoms with Gasteiger partial charge >= 0.3 is 0 Å². The molecular weight excluding hydrogens is 427 g/mol. The minimum Gasteiger partial charge on any atom is -0.325 e. The van der Waals surface area contributed by atoms with Crippen LogP contribution in [-0.4, -0.2) is 5.91 Å². The SMILES string of the molecule is O=C1Cc2cc(C(Cl)c3ccc(F)cc3I)c(Cl)cc2N1. The fraction of sp³-hybridized carbons (Fsp3) is 0.133. The van der Waals surface area contributed by atoms with Crippen molar-refractivity contribution >= 4 is 57.4 Å². The molecule has 0 aliphatic carbocycles. The van der Waals surface area contributed by atoms with E-state index < -0.39 is 5.38 Å². The molecule has 0 radical (unpaired) electrons. The molecule has 2 aromatic rings. The van der Waals surface area contributed by atoms with Crippen LogP contribution in [0.3, 0.4) is 0 Å². The Balaban J connectivity index is 2.04. The number of alkyl halides is 1. The van der Waals surface area contributed by atoms with Crippen molar-refractivity contribution in [1.29, 1.82) is 0 Å². The Bertz CT molecular complexity index is 751. The number of fused-ring (bicyclic) bond motifs is 1. The summed E-state index contributed by atoms with van der Waals surface area (Å²) in [5.74, 6) is -0.359. The molecule has 21 heavy (non-hydrogen) atoms. The van der Waals surface area contributed by atoms with E-state index in [9.17, 15) is 9.18 Å². The summed E-state index contributed by atoms with van der Waals surface area (Å²) in [7, 11) is 0. The average Bonchev–Trinajstić information content (AvgIpc) is 2.76. The average molecular weight is 436 g/mol. The van der Waals surface area contributed by atoms with Gasteiger partial charge in [0.1, 0.15) is 5.82 Å². The standard InChI is InChI=1S/C15H9Cl2FINO/c16-11-6-13-7(4-14(21)20-13)3-10(11)15(17)9-2-1-8(18)5-12(9)19/h1-3,5-6,15H,4H2,(H,20,21). The van der Waals surface area contributed by atoms with Crippen LogP contribution in [0.15, 0.2) is 30.3 Å². The number of rotatable bonds is 2. The van der Waals surface area contributed by atoms with E-state index in [4.69, 9.17) is 23.2 Å². The number of hydrogen-bond donors (Lipinski definition) is 1. The molecule has 0 saturated heterocycles. The summed E-state index contributed by atoms with van der Waals surface area (Å²) in [6.07, 6.45) is 0.323. The number of hydrogen-bond acceptors (Lipinski definition) is 1. The predicted molar refractivity (Wildman–Crippen MR) is 90.6 cm³/mol. The van der Waals surface area contributed by atoms with Crippen molar-refractivity contribution in [2.45, 2.75) is 11.8 Å². The van der Waals surface area contributed by atoms with E-state index in [0.717, 1.165) is 25.9 Å². The van der Waals surface area contributed by atoms with E-state index in [2.05, 4.69) is 5.32 Å². The molecule has 0 saturated carbocycles. The highest BCUT2D eigenvalue weighted by Gasteiger charge is 2.23. The van der Waals surface area contributed by atoms with Gasteiger partial charge in [-0.25, -0.2) is 4.39 Å². The molecule has 1 N–H and O–H groups in total. The molecule has 0 aromatic heterocycles. The van der Waals surface area contributed by atoms with Gasteiger partial charge in [0.25, 0.3) is 0 Å². The molecule has 3 rings (SSSR count). The molecule has 1 unspecified atom stereocenters. The molecule has 1 heterocycles. The highest BCUT2D eigenvalue weighted by molar-refractivity contribution is 14.1. The first-order valence-electron chi connectivity index (χ1n) is 6.17. The van der Waals surface area contributed by atoms with Gasteiger partial charge in [0.15, 0.2) is 0 Å². The van der Waals surface area contributed by atoms with Crippen molar-refractivity contribution in [1.82, 2.24) is 0 Å². The molecule has 0 fully saturated rings. The number of nitrogens with one attached hydrogen (secondary N) is 1. The first-order valence-corrected chi connectivity index (χ1v) is 8.06. The van der Waals surface area contributed by atoms with Crippen molar-refractivity contribution in [2.24, 2.45) is 0 Å². The van der Waals surface area contributed by atoms with Gasteiger partial charge in [-0.3, -0.25) is 4.79 Å². The lowest BCUT2D eigenvalue weighted by molar-refractivity contribution is -0.115. The molecule has 1 aliphatic rings. The Kier molecular flexibility index (Phi) is 4.12. The van der Waals surface area contributed by atoms with Gasteiger partial charge in [-0.15, -0.1) is 11.6 Å². The predicted octanol–water partition coefficient (Wildman–Crippen LogP) is 4.91. The molecule has 108 valence electrons. The van der Waals surface area contributed by atoms with Gasteiger partial charge < -0.3 is 5.32 Å². The van der Waals surface area contributed by atoms with Crippen LogP contribution in [0.2, 0.25) is 5.02 Å². The van der Waals surface area contributed by atoms with E-state index >= 15 is 0 Å². The lowest BCUT2D eigenvalue weighted by Crippen LogP contribution is -2.03. The first kappa shape index (κ1) is 15.1. The minimum atomic E-state index is -0.494. The lowest BCUT2D eigenvalue weighted by Gasteiger charge is -2.15. The van der Waals surface area contributed by atoms with E-state index in [1.807, 2.05) is 28.7 Å². The number of halogens is 4. The zero-order valence-electron chi connectivity index (χ0n) is 10.6. The molecule has 2 aromatic carbocycles. The highest BCUT2D eigenvalue weighted by Crippen LogP contribution is 2.39. The third kappa shape index (κ3) is 2.89. The summed E-state index contributed by atoms with van der Waals surface area (Å²) >= 11 is 14.8. The quantitative estimate of drug-likeness (QED) is 0.527. The Morgan fingerprint density at radius 3 is 2.71 bits per heavy atom. The Morgan fingerprint density at radius 2 is 2.00 bits per heavy atom. The van der Waals surface area contributed by atoms with Gasteiger partial charge in [0.2, 0.25) is 5.91 Å². The Labute approximate surface area is 144 Å². The summed E-state index contributed by atoms with van der Waals surface area (Å²) in [6, 6.07) is 8.01. The fourth-order valence-corrected chi connectivity index (χ4v) is 4.01. The van der Waals surface area contributed by atoms with Crippen molar-refractivity contribution in [2.75, 3.05) is 5.32 Å². The third-order valence-electron chi connectivity index (χ3n) is 3.36. The maximum Gasteiger partial charge on any atom is 0.228 e. The van der Waals surface area contributed by atoms with Gasteiger partial charge in [0, 0.05) is 14.3 Å². The molecule has 1 amide bonds. The van der Waals surface area contributed by atoms with E-state index in [0.29, 0.717) is 11.4 Å². The van der Waals surface area contributed by atoms with Gasteiger partial charge in [0.05, 0.1) is 11.8 Å². The van der Waals surface area contributed by atoms with Crippen LogP contribution in [0.1, 0.15) is 22.1 Å². The van der Waals surface area contributed by atoms with Crippen molar-refractivity contribution in [3.05, 3.63) is 61.4 Å². The van der Waals surface area contributed by atoms with Gasteiger partial charge in [-0.05, 0) is 63.5 Å². The summed E-state index contributed by atoms with van der Waals surface area (Å²) in [5, 5.41) is 2.73. The first-order chi connectivity index (χ1) is 9.95. The summed E-state index contributed by atoms with van der Waals surface area (Å²) < 4.78 is 13.9. The van der Waals surface area contributed by atoms with Crippen LogP contribution in [0.5, 0.6) is 0 Å². The number of anilines is 1. The topological polar surface area (TPSA) is 29.1 Å². The van der Waals surface area contributed by atoms with Gasteiger partial charge in [-0.1, -0.05) is 17.7 Å². The molecule has 6 heteroatoms. The van der Waals surface area contributed by atoms with Crippen molar-refractivity contribution in [3.63, 3.8) is 0 Å². The van der Waals surface area contributed by atoms with Crippen LogP contribution in [0.25, 0.3) is 0 Å². The normalized spacial score (nSPS) is 14.8. The van der Waals surface area contributed by atoms with Crippen LogP contribution in [-0.2, 0) is 11.2 Å². The van der Waals surface area contributed by atoms with Crippen LogP contribution in [0, 0.1) is 9.39 Å². The molecule has 2 nitrogen and oxygen atoms in total. The van der Waals surface area contributed by atoms with E-state index in [1.165, 1.54) is 12.1 Å². The zero-order chi connectivity index (χ0) is 15.1. The largest absolute Gasteiger partial charge is 0.325 e. The zero-order valence-corrected chi connectivity index (χ0v) is 14.3.